The van der Waals surface area contributed by atoms with Crippen molar-refractivity contribution >= 4 is 44.9 Å². The first-order chi connectivity index (χ1) is 15.5. The van der Waals surface area contributed by atoms with E-state index in [4.69, 9.17) is 20.8 Å². The Morgan fingerprint density at radius 1 is 1.25 bits per heavy atom. The minimum absolute atomic E-state index is 0.0138. The van der Waals surface area contributed by atoms with Crippen LogP contribution in [-0.4, -0.2) is 22.7 Å². The largest absolute Gasteiger partial charge is 0.490 e. The first-order valence-corrected chi connectivity index (χ1v) is 10.9. The molecule has 1 aliphatic rings. The molecular weight excluding hydrogens is 450 g/mol. The maximum Gasteiger partial charge on any atom is 0.297 e. The highest BCUT2D eigenvalue weighted by atomic mass is 35.5. The number of nitrogens with zero attached hydrogens (tertiary/aromatic N) is 3. The van der Waals surface area contributed by atoms with Crippen LogP contribution in [0.25, 0.3) is 11.0 Å². The van der Waals surface area contributed by atoms with Gasteiger partial charge in [-0.15, -0.1) is 10.2 Å². The van der Waals surface area contributed by atoms with Crippen LogP contribution in [0.3, 0.4) is 0 Å². The lowest BCUT2D eigenvalue weighted by molar-refractivity contribution is 0.0970. The van der Waals surface area contributed by atoms with E-state index in [1.807, 2.05) is 6.07 Å². The second-order valence-corrected chi connectivity index (χ2v) is 8.76. The quantitative estimate of drug-likeness (QED) is 0.389. The maximum absolute atomic E-state index is 13.6. The van der Waals surface area contributed by atoms with Crippen LogP contribution in [0.2, 0.25) is 5.02 Å². The summed E-state index contributed by atoms with van der Waals surface area (Å²) in [6, 6.07) is 11.2. The monoisotopic (exact) mass is 465 g/mol. The highest BCUT2D eigenvalue weighted by Crippen LogP contribution is 2.42. The van der Waals surface area contributed by atoms with Gasteiger partial charge in [0.2, 0.25) is 10.9 Å². The zero-order valence-corrected chi connectivity index (χ0v) is 18.4. The number of anilines is 1. The normalized spacial score (nSPS) is 15.2. The van der Waals surface area contributed by atoms with Crippen molar-refractivity contribution in [2.75, 3.05) is 11.5 Å². The van der Waals surface area contributed by atoms with Gasteiger partial charge in [-0.3, -0.25) is 14.5 Å². The van der Waals surface area contributed by atoms with Crippen LogP contribution < -0.4 is 15.1 Å². The summed E-state index contributed by atoms with van der Waals surface area (Å²) in [5.41, 5.74) is 0.894. The number of hydrogen-bond donors (Lipinski definition) is 0. The third-order valence-electron chi connectivity index (χ3n) is 5.10. The van der Waals surface area contributed by atoms with Gasteiger partial charge in [0.05, 0.1) is 17.0 Å². The second-order valence-electron chi connectivity index (χ2n) is 7.17. The van der Waals surface area contributed by atoms with Crippen molar-refractivity contribution < 1.29 is 13.9 Å². The SMILES string of the molecule is C=CCOc1cccc(C2c3c(oc4ccc(Cl)cc4c3=O)C(=O)N2c2nnc(C)s2)c1. The van der Waals surface area contributed by atoms with Gasteiger partial charge in [-0.1, -0.05) is 47.7 Å². The molecule has 0 saturated carbocycles. The number of carbonyl (C=O) groups excluding carboxylic acids is 1. The van der Waals surface area contributed by atoms with E-state index in [0.29, 0.717) is 44.1 Å². The second kappa shape index (κ2) is 7.89. The minimum Gasteiger partial charge on any atom is -0.490 e. The van der Waals surface area contributed by atoms with Crippen LogP contribution in [0.4, 0.5) is 5.13 Å². The van der Waals surface area contributed by atoms with Gasteiger partial charge < -0.3 is 9.15 Å². The Balaban J connectivity index is 1.77. The molecular formula is C23H16ClN3O4S. The summed E-state index contributed by atoms with van der Waals surface area (Å²) in [6.45, 7) is 5.79. The highest BCUT2D eigenvalue weighted by molar-refractivity contribution is 7.15. The molecule has 0 fully saturated rings. The van der Waals surface area contributed by atoms with Gasteiger partial charge in [0.25, 0.3) is 5.91 Å². The summed E-state index contributed by atoms with van der Waals surface area (Å²) in [7, 11) is 0. The summed E-state index contributed by atoms with van der Waals surface area (Å²) in [5, 5.41) is 9.99. The minimum atomic E-state index is -0.753. The number of aryl methyl sites for hydroxylation is 1. The number of halogens is 1. The lowest BCUT2D eigenvalue weighted by Crippen LogP contribution is -2.29. The molecule has 160 valence electrons. The number of fused-ring (bicyclic) bond motifs is 2. The molecule has 0 radical (unpaired) electrons. The van der Waals surface area contributed by atoms with Crippen LogP contribution in [0.15, 0.2) is 64.3 Å². The van der Waals surface area contributed by atoms with Crippen LogP contribution in [0.5, 0.6) is 5.75 Å². The Kier molecular flexibility index (Phi) is 5.03. The van der Waals surface area contributed by atoms with Gasteiger partial charge in [-0.25, -0.2) is 0 Å². The predicted molar refractivity (Wildman–Crippen MR) is 123 cm³/mol. The Labute approximate surface area is 191 Å². The fourth-order valence-electron chi connectivity index (χ4n) is 3.77. The summed E-state index contributed by atoms with van der Waals surface area (Å²) in [5.74, 6) is 0.123. The van der Waals surface area contributed by atoms with Crippen molar-refractivity contribution in [2.24, 2.45) is 0 Å². The number of benzene rings is 2. The van der Waals surface area contributed by atoms with Crippen LogP contribution in [0.1, 0.15) is 32.7 Å². The van der Waals surface area contributed by atoms with E-state index < -0.39 is 11.9 Å². The van der Waals surface area contributed by atoms with E-state index in [2.05, 4.69) is 16.8 Å². The lowest BCUT2D eigenvalue weighted by atomic mass is 9.98. The zero-order chi connectivity index (χ0) is 22.4. The molecule has 0 bridgehead atoms. The molecule has 2 aromatic heterocycles. The highest BCUT2D eigenvalue weighted by Gasteiger charge is 2.45. The van der Waals surface area contributed by atoms with Gasteiger partial charge in [0.15, 0.2) is 5.43 Å². The average molecular weight is 466 g/mol. The molecule has 1 unspecified atom stereocenters. The number of ether oxygens (including phenoxy) is 1. The summed E-state index contributed by atoms with van der Waals surface area (Å²) in [6.07, 6.45) is 1.64. The fraction of sp³-hybridized carbons (Fsp3) is 0.130. The van der Waals surface area contributed by atoms with E-state index in [1.165, 1.54) is 16.2 Å². The van der Waals surface area contributed by atoms with Crippen molar-refractivity contribution in [3.63, 3.8) is 0 Å². The van der Waals surface area contributed by atoms with Gasteiger partial charge in [-0.05, 0) is 42.8 Å². The third-order valence-corrected chi connectivity index (χ3v) is 6.17. The molecule has 32 heavy (non-hydrogen) atoms. The fourth-order valence-corrected chi connectivity index (χ4v) is 4.66. The molecule has 1 aliphatic heterocycles. The topological polar surface area (TPSA) is 85.5 Å². The van der Waals surface area contributed by atoms with Crippen molar-refractivity contribution in [2.45, 2.75) is 13.0 Å². The Hall–Kier alpha value is -3.49. The number of amides is 1. The number of carbonyl (C=O) groups is 1. The van der Waals surface area contributed by atoms with E-state index in [1.54, 1.807) is 49.4 Å². The summed E-state index contributed by atoms with van der Waals surface area (Å²) >= 11 is 7.38. The molecule has 9 heteroatoms. The molecule has 0 spiro atoms. The standard InChI is InChI=1S/C23H16ClN3O4S/c1-3-9-30-15-6-4-5-13(10-15)19-18-20(28)16-11-14(24)7-8-17(16)31-21(18)22(29)27(19)23-26-25-12(2)32-23/h3-8,10-11,19H,1,9H2,2H3. The first kappa shape index (κ1) is 20.4. The summed E-state index contributed by atoms with van der Waals surface area (Å²) < 4.78 is 11.6. The van der Waals surface area contributed by atoms with Crippen LogP contribution in [-0.2, 0) is 0 Å². The Morgan fingerprint density at radius 3 is 2.84 bits per heavy atom. The smallest absolute Gasteiger partial charge is 0.297 e. The van der Waals surface area contributed by atoms with Crippen molar-refractivity contribution in [1.82, 2.24) is 10.2 Å². The van der Waals surface area contributed by atoms with Crippen LogP contribution in [0, 0.1) is 6.92 Å². The van der Waals surface area contributed by atoms with Crippen molar-refractivity contribution in [1.29, 1.82) is 0 Å². The number of hydrogen-bond acceptors (Lipinski definition) is 7. The average Bonchev–Trinajstić information content (AvgIpc) is 3.34. The zero-order valence-electron chi connectivity index (χ0n) is 16.9. The molecule has 3 heterocycles. The van der Waals surface area contributed by atoms with E-state index in [9.17, 15) is 9.59 Å². The number of aromatic nitrogens is 2. The molecule has 0 aliphatic carbocycles. The van der Waals surface area contributed by atoms with E-state index in [0.717, 1.165) is 0 Å². The van der Waals surface area contributed by atoms with Gasteiger partial charge in [-0.2, -0.15) is 0 Å². The Bertz CT molecular complexity index is 1440. The molecule has 4 aromatic rings. The molecule has 1 amide bonds. The Morgan fingerprint density at radius 2 is 2.09 bits per heavy atom. The predicted octanol–water partition coefficient (Wildman–Crippen LogP) is 4.92. The molecule has 1 atom stereocenters. The summed E-state index contributed by atoms with van der Waals surface area (Å²) in [4.78, 5) is 28.5. The van der Waals surface area contributed by atoms with Gasteiger partial charge in [0, 0.05) is 5.02 Å². The van der Waals surface area contributed by atoms with E-state index in [-0.39, 0.29) is 16.8 Å². The molecule has 0 N–H and O–H groups in total. The molecule has 7 nitrogen and oxygen atoms in total. The number of rotatable bonds is 5. The third kappa shape index (κ3) is 3.28. The van der Waals surface area contributed by atoms with E-state index >= 15 is 0 Å². The van der Waals surface area contributed by atoms with Gasteiger partial charge in [0.1, 0.15) is 22.9 Å². The van der Waals surface area contributed by atoms with Crippen LogP contribution >= 0.6 is 22.9 Å². The molecule has 5 rings (SSSR count). The molecule has 0 saturated heterocycles. The van der Waals surface area contributed by atoms with Gasteiger partial charge >= 0.3 is 0 Å². The van der Waals surface area contributed by atoms with Crippen molar-refractivity contribution in [3.05, 3.63) is 92.3 Å². The maximum atomic E-state index is 13.6. The molecule has 2 aromatic carbocycles. The van der Waals surface area contributed by atoms with Crippen molar-refractivity contribution in [3.8, 4) is 5.75 Å². The first-order valence-electron chi connectivity index (χ1n) is 9.71. The lowest BCUT2D eigenvalue weighted by Gasteiger charge is -2.22.